The van der Waals surface area contributed by atoms with Gasteiger partial charge in [-0.05, 0) is 36.8 Å². The van der Waals surface area contributed by atoms with Gasteiger partial charge in [0.15, 0.2) is 0 Å². The first kappa shape index (κ1) is 12.2. The van der Waals surface area contributed by atoms with Gasteiger partial charge in [0.25, 0.3) is 0 Å². The van der Waals surface area contributed by atoms with Crippen molar-refractivity contribution in [3.05, 3.63) is 53.9 Å². The van der Waals surface area contributed by atoms with Gasteiger partial charge in [-0.15, -0.1) is 11.3 Å². The Kier molecular flexibility index (Phi) is 2.79. The number of fused-ring (bicyclic) bond motifs is 1. The zero-order valence-electron chi connectivity index (χ0n) is 11.4. The Morgan fingerprint density at radius 1 is 1.14 bits per heavy atom. The van der Waals surface area contributed by atoms with Gasteiger partial charge in [-0.2, -0.15) is 5.10 Å². The Morgan fingerprint density at radius 2 is 2.10 bits per heavy atom. The molecule has 0 saturated heterocycles. The Bertz CT molecular complexity index is 908. The van der Waals surface area contributed by atoms with Crippen molar-refractivity contribution in [3.63, 3.8) is 0 Å². The summed E-state index contributed by atoms with van der Waals surface area (Å²) in [6.45, 7) is 2.03. The lowest BCUT2D eigenvalue weighted by Crippen LogP contribution is -1.80. The standard InChI is InChI=1S/C16H12N4S/c1-10-16(21-9-18-10)11-4-5-13-14(7-11)19-20-15(13)12-3-2-6-17-8-12/h2-9H,1H3,(H,19,20). The van der Waals surface area contributed by atoms with Crippen LogP contribution < -0.4 is 0 Å². The van der Waals surface area contributed by atoms with Crippen LogP contribution in [-0.2, 0) is 0 Å². The van der Waals surface area contributed by atoms with Crippen LogP contribution in [0.5, 0.6) is 0 Å². The maximum absolute atomic E-state index is 4.43. The van der Waals surface area contributed by atoms with Gasteiger partial charge in [-0.25, -0.2) is 4.98 Å². The Labute approximate surface area is 125 Å². The van der Waals surface area contributed by atoms with E-state index in [-0.39, 0.29) is 0 Å². The number of thiazole rings is 1. The molecular weight excluding hydrogens is 280 g/mol. The fourth-order valence-corrected chi connectivity index (χ4v) is 3.27. The van der Waals surface area contributed by atoms with Crippen LogP contribution in [0.15, 0.2) is 48.2 Å². The molecule has 0 aliphatic carbocycles. The van der Waals surface area contributed by atoms with Gasteiger partial charge in [0.05, 0.1) is 21.6 Å². The SMILES string of the molecule is Cc1ncsc1-c1ccc2c(-c3cccnc3)n[nH]c2c1. The third-order valence-corrected chi connectivity index (χ3v) is 4.48. The number of H-pyrrole nitrogens is 1. The highest BCUT2D eigenvalue weighted by Crippen LogP contribution is 2.32. The topological polar surface area (TPSA) is 54.5 Å². The van der Waals surface area contributed by atoms with Crippen LogP contribution >= 0.6 is 11.3 Å². The van der Waals surface area contributed by atoms with E-state index in [1.165, 1.54) is 10.4 Å². The first-order valence-corrected chi connectivity index (χ1v) is 7.50. The van der Waals surface area contributed by atoms with Gasteiger partial charge in [-0.3, -0.25) is 10.1 Å². The molecule has 4 aromatic rings. The van der Waals surface area contributed by atoms with Gasteiger partial charge in [0.2, 0.25) is 0 Å². The molecule has 0 spiro atoms. The molecular formula is C16H12N4S. The number of pyridine rings is 1. The summed E-state index contributed by atoms with van der Waals surface area (Å²) in [6, 6.07) is 10.3. The second kappa shape index (κ2) is 4.79. The van der Waals surface area contributed by atoms with E-state index in [1.54, 1.807) is 17.5 Å². The Hall–Kier alpha value is -2.53. The zero-order chi connectivity index (χ0) is 14.2. The fourth-order valence-electron chi connectivity index (χ4n) is 2.46. The van der Waals surface area contributed by atoms with Crippen molar-refractivity contribution in [1.29, 1.82) is 0 Å². The molecule has 1 aromatic carbocycles. The predicted octanol–water partition coefficient (Wildman–Crippen LogP) is 4.06. The number of aromatic nitrogens is 4. The lowest BCUT2D eigenvalue weighted by molar-refractivity contribution is 1.12. The van der Waals surface area contributed by atoms with Crippen LogP contribution in [0.2, 0.25) is 0 Å². The van der Waals surface area contributed by atoms with Crippen LogP contribution in [0.25, 0.3) is 32.6 Å². The average molecular weight is 292 g/mol. The quantitative estimate of drug-likeness (QED) is 0.606. The zero-order valence-corrected chi connectivity index (χ0v) is 12.2. The van der Waals surface area contributed by atoms with Crippen molar-refractivity contribution in [2.24, 2.45) is 0 Å². The van der Waals surface area contributed by atoms with Gasteiger partial charge in [0, 0.05) is 23.3 Å². The lowest BCUT2D eigenvalue weighted by atomic mass is 10.1. The van der Waals surface area contributed by atoms with Crippen LogP contribution in [0.1, 0.15) is 5.69 Å². The fraction of sp³-hybridized carbons (Fsp3) is 0.0625. The minimum atomic E-state index is 0.936. The second-order valence-electron chi connectivity index (χ2n) is 4.84. The molecule has 0 bridgehead atoms. The van der Waals surface area contributed by atoms with Crippen molar-refractivity contribution < 1.29 is 0 Å². The molecule has 5 heteroatoms. The monoisotopic (exact) mass is 292 g/mol. The van der Waals surface area contributed by atoms with E-state index >= 15 is 0 Å². The molecule has 0 atom stereocenters. The second-order valence-corrected chi connectivity index (χ2v) is 5.70. The summed E-state index contributed by atoms with van der Waals surface area (Å²) in [6.07, 6.45) is 3.60. The minimum Gasteiger partial charge on any atom is -0.277 e. The molecule has 0 unspecified atom stereocenters. The van der Waals surface area contributed by atoms with E-state index in [1.807, 2.05) is 30.8 Å². The van der Waals surface area contributed by atoms with Gasteiger partial charge >= 0.3 is 0 Å². The summed E-state index contributed by atoms with van der Waals surface area (Å²) < 4.78 is 0. The summed E-state index contributed by atoms with van der Waals surface area (Å²) in [5.74, 6) is 0. The molecule has 0 fully saturated rings. The third kappa shape index (κ3) is 2.02. The predicted molar refractivity (Wildman–Crippen MR) is 85.2 cm³/mol. The van der Waals surface area contributed by atoms with Crippen molar-refractivity contribution >= 4 is 22.2 Å². The molecule has 3 heterocycles. The molecule has 3 aromatic heterocycles. The van der Waals surface area contributed by atoms with Gasteiger partial charge in [-0.1, -0.05) is 6.07 Å². The summed E-state index contributed by atoms with van der Waals surface area (Å²) in [5, 5.41) is 8.65. The number of benzene rings is 1. The van der Waals surface area contributed by atoms with Crippen molar-refractivity contribution in [3.8, 4) is 21.7 Å². The lowest BCUT2D eigenvalue weighted by Gasteiger charge is -2.00. The van der Waals surface area contributed by atoms with Crippen LogP contribution in [0, 0.1) is 6.92 Å². The Balaban J connectivity index is 1.87. The normalized spacial score (nSPS) is 11.1. The van der Waals surface area contributed by atoms with Crippen molar-refractivity contribution in [1.82, 2.24) is 20.2 Å². The van der Waals surface area contributed by atoms with Crippen LogP contribution in [-0.4, -0.2) is 20.2 Å². The number of nitrogens with one attached hydrogen (secondary N) is 1. The molecule has 0 radical (unpaired) electrons. The molecule has 0 aliphatic rings. The molecule has 102 valence electrons. The number of nitrogens with zero attached hydrogens (tertiary/aromatic N) is 3. The van der Waals surface area contributed by atoms with E-state index in [2.05, 4.69) is 38.4 Å². The van der Waals surface area contributed by atoms with Gasteiger partial charge in [0.1, 0.15) is 5.69 Å². The first-order valence-electron chi connectivity index (χ1n) is 6.62. The smallest absolute Gasteiger partial charge is 0.101 e. The maximum Gasteiger partial charge on any atom is 0.101 e. The van der Waals surface area contributed by atoms with Crippen molar-refractivity contribution in [2.75, 3.05) is 0 Å². The van der Waals surface area contributed by atoms with E-state index in [0.717, 1.165) is 27.9 Å². The molecule has 4 nitrogen and oxygen atoms in total. The highest BCUT2D eigenvalue weighted by molar-refractivity contribution is 7.13. The van der Waals surface area contributed by atoms with Gasteiger partial charge < -0.3 is 0 Å². The van der Waals surface area contributed by atoms with Crippen LogP contribution in [0.4, 0.5) is 0 Å². The van der Waals surface area contributed by atoms with E-state index in [9.17, 15) is 0 Å². The number of rotatable bonds is 2. The summed E-state index contributed by atoms with van der Waals surface area (Å²) in [4.78, 5) is 9.67. The Morgan fingerprint density at radius 3 is 2.86 bits per heavy atom. The summed E-state index contributed by atoms with van der Waals surface area (Å²) in [7, 11) is 0. The van der Waals surface area contributed by atoms with E-state index < -0.39 is 0 Å². The molecule has 0 aliphatic heterocycles. The number of aromatic amines is 1. The first-order chi connectivity index (χ1) is 10.3. The molecule has 21 heavy (non-hydrogen) atoms. The number of hydrogen-bond donors (Lipinski definition) is 1. The third-order valence-electron chi connectivity index (χ3n) is 3.51. The van der Waals surface area contributed by atoms with Crippen molar-refractivity contribution in [2.45, 2.75) is 6.92 Å². The summed E-state index contributed by atoms with van der Waals surface area (Å²) >= 11 is 1.66. The molecule has 0 saturated carbocycles. The molecule has 0 amide bonds. The minimum absolute atomic E-state index is 0.936. The highest BCUT2D eigenvalue weighted by atomic mass is 32.1. The highest BCUT2D eigenvalue weighted by Gasteiger charge is 2.11. The molecule has 1 N–H and O–H groups in total. The average Bonchev–Trinajstić information content (AvgIpc) is 3.13. The largest absolute Gasteiger partial charge is 0.277 e. The molecule has 4 rings (SSSR count). The summed E-state index contributed by atoms with van der Waals surface area (Å²) in [5.41, 5.74) is 7.09. The van der Waals surface area contributed by atoms with Crippen LogP contribution in [0.3, 0.4) is 0 Å². The number of aryl methyl sites for hydroxylation is 1. The van der Waals surface area contributed by atoms with E-state index in [4.69, 9.17) is 0 Å². The van der Waals surface area contributed by atoms with E-state index in [0.29, 0.717) is 0 Å². The number of hydrogen-bond acceptors (Lipinski definition) is 4. The maximum atomic E-state index is 4.43.